The minimum atomic E-state index is -0.365. The van der Waals surface area contributed by atoms with E-state index in [0.717, 1.165) is 0 Å². The van der Waals surface area contributed by atoms with E-state index in [-0.39, 0.29) is 27.4 Å². The minimum absolute atomic E-state index is 0.0369. The number of anilines is 2. The summed E-state index contributed by atoms with van der Waals surface area (Å²) in [4.78, 5) is 23.3. The van der Waals surface area contributed by atoms with Gasteiger partial charge in [0.15, 0.2) is 5.78 Å². The number of ketones is 1. The molecule has 0 aliphatic rings. The van der Waals surface area contributed by atoms with E-state index in [1.165, 1.54) is 19.1 Å². The summed E-state index contributed by atoms with van der Waals surface area (Å²) in [5.41, 5.74) is 7.35. The molecule has 2 aromatic carbocycles. The minimum Gasteiger partial charge on any atom is -0.397 e. The molecule has 0 aliphatic heterocycles. The Morgan fingerprint density at radius 1 is 1.05 bits per heavy atom. The van der Waals surface area contributed by atoms with Gasteiger partial charge in [-0.15, -0.1) is 0 Å². The van der Waals surface area contributed by atoms with Crippen LogP contribution in [-0.2, 0) is 0 Å². The van der Waals surface area contributed by atoms with E-state index >= 15 is 0 Å². The van der Waals surface area contributed by atoms with E-state index in [1.807, 2.05) is 0 Å². The second-order valence-corrected chi connectivity index (χ2v) is 5.23. The largest absolute Gasteiger partial charge is 0.397 e. The molecule has 0 spiro atoms. The number of carbonyl (C=O) groups excluding carboxylic acids is 2. The van der Waals surface area contributed by atoms with Gasteiger partial charge in [-0.25, -0.2) is 0 Å². The Balaban J connectivity index is 2.20. The molecule has 108 valence electrons. The van der Waals surface area contributed by atoms with Crippen molar-refractivity contribution in [3.63, 3.8) is 0 Å². The number of rotatable bonds is 3. The summed E-state index contributed by atoms with van der Waals surface area (Å²) in [7, 11) is 0. The number of hydrogen-bond acceptors (Lipinski definition) is 3. The van der Waals surface area contributed by atoms with E-state index in [0.29, 0.717) is 16.8 Å². The van der Waals surface area contributed by atoms with Gasteiger partial charge in [0, 0.05) is 16.8 Å². The highest BCUT2D eigenvalue weighted by molar-refractivity contribution is 6.44. The number of carbonyl (C=O) groups is 2. The average Bonchev–Trinajstić information content (AvgIpc) is 2.44. The molecule has 0 bridgehead atoms. The lowest BCUT2D eigenvalue weighted by atomic mass is 10.1. The van der Waals surface area contributed by atoms with Crippen molar-refractivity contribution in [1.82, 2.24) is 0 Å². The fraction of sp³-hybridized carbons (Fsp3) is 0.0667. The third-order valence-corrected chi connectivity index (χ3v) is 3.68. The SMILES string of the molecule is CC(=O)c1ccc(NC(=O)c2cc(N)c(Cl)c(Cl)c2)cc1. The molecule has 0 radical (unpaired) electrons. The van der Waals surface area contributed by atoms with Crippen LogP contribution in [0.15, 0.2) is 36.4 Å². The van der Waals surface area contributed by atoms with Gasteiger partial charge in [0.25, 0.3) is 5.91 Å². The van der Waals surface area contributed by atoms with Crippen LogP contribution in [0.4, 0.5) is 11.4 Å². The molecular weight excluding hydrogens is 311 g/mol. The number of nitrogens with one attached hydrogen (secondary N) is 1. The lowest BCUT2D eigenvalue weighted by molar-refractivity contribution is 0.101. The molecule has 6 heteroatoms. The maximum Gasteiger partial charge on any atom is 0.255 e. The Morgan fingerprint density at radius 2 is 1.67 bits per heavy atom. The van der Waals surface area contributed by atoms with Crippen LogP contribution in [-0.4, -0.2) is 11.7 Å². The summed E-state index contributed by atoms with van der Waals surface area (Å²) in [5.74, 6) is -0.402. The Labute approximate surface area is 131 Å². The summed E-state index contributed by atoms with van der Waals surface area (Å²) in [5, 5.41) is 3.13. The van der Waals surface area contributed by atoms with E-state index < -0.39 is 0 Å². The standard InChI is InChI=1S/C15H12Cl2N2O2/c1-8(20)9-2-4-11(5-3-9)19-15(21)10-6-12(16)14(17)13(18)7-10/h2-7H,18H2,1H3,(H,19,21). The fourth-order valence-electron chi connectivity index (χ4n) is 1.73. The molecule has 0 aromatic heterocycles. The molecule has 2 rings (SSSR count). The molecule has 1 amide bonds. The lowest BCUT2D eigenvalue weighted by Gasteiger charge is -2.08. The molecule has 0 aliphatic carbocycles. The summed E-state index contributed by atoms with van der Waals surface area (Å²) in [6.45, 7) is 1.48. The van der Waals surface area contributed by atoms with Gasteiger partial charge < -0.3 is 11.1 Å². The Morgan fingerprint density at radius 3 is 2.19 bits per heavy atom. The molecule has 0 heterocycles. The quantitative estimate of drug-likeness (QED) is 0.661. The third-order valence-electron chi connectivity index (χ3n) is 2.87. The van der Waals surface area contributed by atoms with E-state index in [9.17, 15) is 9.59 Å². The Bertz CT molecular complexity index is 689. The van der Waals surface area contributed by atoms with Crippen LogP contribution in [0.2, 0.25) is 10.0 Å². The van der Waals surface area contributed by atoms with Gasteiger partial charge in [0.2, 0.25) is 0 Å². The highest BCUT2D eigenvalue weighted by Gasteiger charge is 2.11. The number of nitrogen functional groups attached to an aromatic ring is 1. The zero-order valence-electron chi connectivity index (χ0n) is 11.1. The van der Waals surface area contributed by atoms with Crippen molar-refractivity contribution in [3.8, 4) is 0 Å². The predicted molar refractivity (Wildman–Crippen MR) is 85.3 cm³/mol. The normalized spacial score (nSPS) is 10.2. The first-order chi connectivity index (χ1) is 9.88. The van der Waals surface area contributed by atoms with Gasteiger partial charge in [-0.05, 0) is 43.3 Å². The van der Waals surface area contributed by atoms with Crippen molar-refractivity contribution in [2.45, 2.75) is 6.92 Å². The second kappa shape index (κ2) is 6.16. The number of hydrogen-bond donors (Lipinski definition) is 2. The lowest BCUT2D eigenvalue weighted by Crippen LogP contribution is -2.12. The highest BCUT2D eigenvalue weighted by atomic mass is 35.5. The van der Waals surface area contributed by atoms with Crippen molar-refractivity contribution in [1.29, 1.82) is 0 Å². The molecule has 0 saturated carbocycles. The van der Waals surface area contributed by atoms with E-state index in [2.05, 4.69) is 5.32 Å². The van der Waals surface area contributed by atoms with Crippen LogP contribution in [0.25, 0.3) is 0 Å². The summed E-state index contributed by atoms with van der Waals surface area (Å²) in [6, 6.07) is 9.47. The number of Topliss-reactive ketones (excluding diaryl/α,β-unsaturated/α-hetero) is 1. The summed E-state index contributed by atoms with van der Waals surface area (Å²) >= 11 is 11.7. The number of halogens is 2. The number of nitrogens with two attached hydrogens (primary N) is 1. The third kappa shape index (κ3) is 3.54. The maximum absolute atomic E-state index is 12.1. The Kier molecular flexibility index (Phi) is 4.50. The second-order valence-electron chi connectivity index (χ2n) is 4.45. The first-order valence-electron chi connectivity index (χ1n) is 6.05. The molecule has 0 unspecified atom stereocenters. The first kappa shape index (κ1) is 15.4. The van der Waals surface area contributed by atoms with Crippen molar-refractivity contribution < 1.29 is 9.59 Å². The number of amides is 1. The Hall–Kier alpha value is -2.04. The van der Waals surface area contributed by atoms with Crippen molar-refractivity contribution >= 4 is 46.3 Å². The molecule has 21 heavy (non-hydrogen) atoms. The van der Waals surface area contributed by atoms with Gasteiger partial charge in [0.05, 0.1) is 15.7 Å². The van der Waals surface area contributed by atoms with Gasteiger partial charge in [0.1, 0.15) is 0 Å². The van der Waals surface area contributed by atoms with E-state index in [1.54, 1.807) is 24.3 Å². The highest BCUT2D eigenvalue weighted by Crippen LogP contribution is 2.29. The molecule has 2 aromatic rings. The predicted octanol–water partition coefficient (Wildman–Crippen LogP) is 4.03. The van der Waals surface area contributed by atoms with Crippen molar-refractivity contribution in [2.75, 3.05) is 11.1 Å². The molecule has 3 N–H and O–H groups in total. The van der Waals surface area contributed by atoms with Crippen LogP contribution in [0.3, 0.4) is 0 Å². The van der Waals surface area contributed by atoms with Crippen LogP contribution in [0.1, 0.15) is 27.6 Å². The van der Waals surface area contributed by atoms with Crippen molar-refractivity contribution in [3.05, 3.63) is 57.6 Å². The van der Waals surface area contributed by atoms with E-state index in [4.69, 9.17) is 28.9 Å². The summed E-state index contributed by atoms with van der Waals surface area (Å²) < 4.78 is 0. The monoisotopic (exact) mass is 322 g/mol. The zero-order chi connectivity index (χ0) is 15.6. The molecule has 4 nitrogen and oxygen atoms in total. The first-order valence-corrected chi connectivity index (χ1v) is 6.81. The fourth-order valence-corrected chi connectivity index (χ4v) is 2.07. The van der Waals surface area contributed by atoms with Crippen LogP contribution >= 0.6 is 23.2 Å². The summed E-state index contributed by atoms with van der Waals surface area (Å²) in [6.07, 6.45) is 0. The van der Waals surface area contributed by atoms with Crippen LogP contribution in [0, 0.1) is 0 Å². The number of benzene rings is 2. The van der Waals surface area contributed by atoms with Gasteiger partial charge in [-0.1, -0.05) is 23.2 Å². The molecule has 0 saturated heterocycles. The smallest absolute Gasteiger partial charge is 0.255 e. The van der Waals surface area contributed by atoms with Crippen LogP contribution < -0.4 is 11.1 Å². The zero-order valence-corrected chi connectivity index (χ0v) is 12.6. The van der Waals surface area contributed by atoms with Gasteiger partial charge >= 0.3 is 0 Å². The molecular formula is C15H12Cl2N2O2. The molecule has 0 atom stereocenters. The van der Waals surface area contributed by atoms with Crippen molar-refractivity contribution in [2.24, 2.45) is 0 Å². The van der Waals surface area contributed by atoms with Gasteiger partial charge in [-0.3, -0.25) is 9.59 Å². The average molecular weight is 323 g/mol. The van der Waals surface area contributed by atoms with Gasteiger partial charge in [-0.2, -0.15) is 0 Å². The van der Waals surface area contributed by atoms with Crippen LogP contribution in [0.5, 0.6) is 0 Å². The molecule has 0 fully saturated rings. The maximum atomic E-state index is 12.1. The topological polar surface area (TPSA) is 72.2 Å².